The highest BCUT2D eigenvalue weighted by molar-refractivity contribution is 5.95. The summed E-state index contributed by atoms with van der Waals surface area (Å²) in [6, 6.07) is -5.50. The Morgan fingerprint density at radius 2 is 1.07 bits per heavy atom. The topological polar surface area (TPSA) is 360 Å². The quantitative estimate of drug-likeness (QED) is 0.0368. The summed E-state index contributed by atoms with van der Waals surface area (Å²) in [4.78, 5) is 79.6. The maximum atomic E-state index is 13.2. The minimum absolute atomic E-state index is 0.0121. The molecule has 0 saturated carbocycles. The summed E-state index contributed by atoms with van der Waals surface area (Å²) in [5.41, 5.74) is 31.9. The van der Waals surface area contributed by atoms with Gasteiger partial charge in [-0.3, -0.25) is 34.0 Å². The number of guanidine groups is 2. The smallest absolute Gasteiger partial charge is 0.326 e. The lowest BCUT2D eigenvalue weighted by Gasteiger charge is -2.25. The van der Waals surface area contributed by atoms with Crippen LogP contribution in [0, 0.1) is 0 Å². The van der Waals surface area contributed by atoms with Crippen molar-refractivity contribution in [2.75, 3.05) is 13.1 Å². The highest BCUT2D eigenvalue weighted by Gasteiger charge is 2.30. The van der Waals surface area contributed by atoms with E-state index in [-0.39, 0.29) is 63.5 Å². The van der Waals surface area contributed by atoms with Crippen LogP contribution in [0.3, 0.4) is 0 Å². The summed E-state index contributed by atoms with van der Waals surface area (Å²) in [5, 5.41) is 25.1. The monoisotopic (exact) mass is 573 g/mol. The number of carboxylic acid groups (broad SMARTS) is 2. The molecule has 4 atom stereocenters. The van der Waals surface area contributed by atoms with Crippen molar-refractivity contribution >= 4 is 47.5 Å². The molecular weight excluding hydrogens is 534 g/mol. The van der Waals surface area contributed by atoms with E-state index in [9.17, 15) is 33.9 Å². The van der Waals surface area contributed by atoms with Crippen LogP contribution in [0.5, 0.6) is 0 Å². The minimum atomic E-state index is -1.66. The molecule has 0 aromatic heterocycles. The number of nitrogens with two attached hydrogens (primary N) is 6. The second-order valence-corrected chi connectivity index (χ2v) is 8.63. The molecule has 19 heteroatoms. The van der Waals surface area contributed by atoms with Crippen molar-refractivity contribution in [3.63, 3.8) is 0 Å². The molecule has 0 rings (SSSR count). The number of nitrogens with zero attached hydrogens (tertiary/aromatic N) is 2. The fourth-order valence-electron chi connectivity index (χ4n) is 3.18. The van der Waals surface area contributed by atoms with Crippen LogP contribution in [0.2, 0.25) is 0 Å². The van der Waals surface area contributed by atoms with Gasteiger partial charge in [0.1, 0.15) is 18.1 Å². The number of rotatable bonds is 20. The summed E-state index contributed by atoms with van der Waals surface area (Å²) < 4.78 is 0. The molecule has 0 aliphatic heterocycles. The van der Waals surface area contributed by atoms with Gasteiger partial charge in [-0.05, 0) is 32.1 Å². The zero-order valence-corrected chi connectivity index (χ0v) is 21.9. The van der Waals surface area contributed by atoms with Gasteiger partial charge in [-0.25, -0.2) is 4.79 Å². The Hall–Kier alpha value is -4.68. The Balaban J connectivity index is 5.79. The van der Waals surface area contributed by atoms with Gasteiger partial charge in [0, 0.05) is 19.5 Å². The molecule has 40 heavy (non-hydrogen) atoms. The highest BCUT2D eigenvalue weighted by Crippen LogP contribution is 2.06. The van der Waals surface area contributed by atoms with E-state index in [4.69, 9.17) is 39.5 Å². The second kappa shape index (κ2) is 18.6. The maximum Gasteiger partial charge on any atom is 0.326 e. The zero-order valence-electron chi connectivity index (χ0n) is 21.9. The number of aliphatic imine (C=N–C) groups is 2. The van der Waals surface area contributed by atoms with E-state index in [0.717, 1.165) is 0 Å². The third-order valence-corrected chi connectivity index (χ3v) is 5.18. The van der Waals surface area contributed by atoms with Crippen molar-refractivity contribution in [1.29, 1.82) is 0 Å². The zero-order chi connectivity index (χ0) is 30.8. The summed E-state index contributed by atoms with van der Waals surface area (Å²) in [6.07, 6.45) is -0.980. The van der Waals surface area contributed by atoms with Crippen LogP contribution >= 0.6 is 0 Å². The van der Waals surface area contributed by atoms with E-state index >= 15 is 0 Å². The number of carbonyl (C=O) groups excluding carboxylic acids is 4. The molecule has 0 radical (unpaired) electrons. The van der Waals surface area contributed by atoms with Gasteiger partial charge in [0.2, 0.25) is 23.6 Å². The fraction of sp³-hybridized carbons (Fsp3) is 0.619. The molecular formula is C21H39N11O8. The normalized spacial score (nSPS) is 13.4. The van der Waals surface area contributed by atoms with Crippen molar-refractivity contribution in [1.82, 2.24) is 16.0 Å². The Morgan fingerprint density at radius 1 is 0.650 bits per heavy atom. The van der Waals surface area contributed by atoms with Gasteiger partial charge in [-0.2, -0.15) is 0 Å². The number of nitrogens with one attached hydrogen (secondary N) is 3. The number of carbonyl (C=O) groups is 6. The van der Waals surface area contributed by atoms with Gasteiger partial charge in [0.05, 0.1) is 12.5 Å². The third kappa shape index (κ3) is 16.2. The predicted molar refractivity (Wildman–Crippen MR) is 142 cm³/mol. The lowest BCUT2D eigenvalue weighted by atomic mass is 10.1. The average Bonchev–Trinajstić information content (AvgIpc) is 2.84. The molecule has 17 N–H and O–H groups in total. The van der Waals surface area contributed by atoms with Crippen molar-refractivity contribution in [3.05, 3.63) is 0 Å². The summed E-state index contributed by atoms with van der Waals surface area (Å²) in [7, 11) is 0. The Labute approximate surface area is 229 Å². The van der Waals surface area contributed by atoms with Gasteiger partial charge < -0.3 is 60.6 Å². The Kier molecular flexibility index (Phi) is 16.4. The van der Waals surface area contributed by atoms with Crippen molar-refractivity contribution in [2.45, 2.75) is 69.1 Å². The molecule has 4 amide bonds. The maximum absolute atomic E-state index is 13.2. The van der Waals surface area contributed by atoms with Crippen LogP contribution in [0.1, 0.15) is 44.9 Å². The van der Waals surface area contributed by atoms with E-state index in [1.807, 2.05) is 0 Å². The van der Waals surface area contributed by atoms with Gasteiger partial charge in [-0.15, -0.1) is 0 Å². The van der Waals surface area contributed by atoms with Crippen LogP contribution in [0.25, 0.3) is 0 Å². The first-order valence-electron chi connectivity index (χ1n) is 12.1. The highest BCUT2D eigenvalue weighted by atomic mass is 16.4. The van der Waals surface area contributed by atoms with Crippen LogP contribution < -0.4 is 50.4 Å². The molecule has 0 aromatic carbocycles. The number of hydrogen-bond acceptors (Lipinski definition) is 9. The molecule has 0 bridgehead atoms. The summed E-state index contributed by atoms with van der Waals surface area (Å²) in [5.74, 6) is -6.68. The molecule has 4 unspecified atom stereocenters. The lowest BCUT2D eigenvalue weighted by molar-refractivity contribution is -0.144. The van der Waals surface area contributed by atoms with E-state index in [2.05, 4.69) is 25.9 Å². The molecule has 0 spiro atoms. The number of carboxylic acids is 2. The van der Waals surface area contributed by atoms with Gasteiger partial charge in [-0.1, -0.05) is 0 Å². The number of hydrogen-bond donors (Lipinski definition) is 11. The fourth-order valence-corrected chi connectivity index (χ4v) is 3.18. The van der Waals surface area contributed by atoms with E-state index in [0.29, 0.717) is 0 Å². The van der Waals surface area contributed by atoms with Crippen LogP contribution in [0.15, 0.2) is 9.98 Å². The summed E-state index contributed by atoms with van der Waals surface area (Å²) in [6.45, 7) is 0.172. The van der Waals surface area contributed by atoms with Crippen molar-refractivity contribution < 1.29 is 39.0 Å². The molecule has 0 saturated heterocycles. The first-order valence-corrected chi connectivity index (χ1v) is 12.1. The van der Waals surface area contributed by atoms with E-state index in [1.165, 1.54) is 0 Å². The van der Waals surface area contributed by atoms with Crippen LogP contribution in [-0.2, 0) is 28.8 Å². The SMILES string of the molecule is NC(=O)CC(NC(=O)C(CCCN=C(N)N)NC(=O)C(CCCN=C(N)N)NC(=O)C(N)CCC(=O)O)C(=O)O. The number of primary amides is 1. The number of aliphatic carboxylic acids is 2. The van der Waals surface area contributed by atoms with Gasteiger partial charge in [0.25, 0.3) is 0 Å². The Morgan fingerprint density at radius 3 is 1.45 bits per heavy atom. The molecule has 226 valence electrons. The largest absolute Gasteiger partial charge is 0.481 e. The predicted octanol–water partition coefficient (Wildman–Crippen LogP) is -5.30. The van der Waals surface area contributed by atoms with Gasteiger partial charge in [0.15, 0.2) is 11.9 Å². The molecule has 0 fully saturated rings. The molecule has 0 heterocycles. The molecule has 0 aliphatic rings. The van der Waals surface area contributed by atoms with Crippen LogP contribution in [-0.4, -0.2) is 95.0 Å². The number of amides is 4. The second-order valence-electron chi connectivity index (χ2n) is 8.63. The molecule has 0 aromatic rings. The standard InChI is InChI=1S/C21H39N11O8/c22-10(5-6-15(34)35)16(36)30-11(3-1-7-28-20(24)25)17(37)31-12(4-2-8-29-21(26)27)18(38)32-13(19(39)40)9-14(23)33/h10-13H,1-9,22H2,(H2,23,33)(H,30,36)(H,31,37)(H,32,38)(H,34,35)(H,39,40)(H4,24,25,28)(H4,26,27,29). The molecule has 0 aliphatic carbocycles. The third-order valence-electron chi connectivity index (χ3n) is 5.18. The first kappa shape index (κ1) is 35.3. The van der Waals surface area contributed by atoms with Crippen molar-refractivity contribution in [3.8, 4) is 0 Å². The molecule has 19 nitrogen and oxygen atoms in total. The van der Waals surface area contributed by atoms with E-state index in [1.54, 1.807) is 0 Å². The van der Waals surface area contributed by atoms with Crippen LogP contribution in [0.4, 0.5) is 0 Å². The van der Waals surface area contributed by atoms with E-state index < -0.39 is 66.2 Å². The average molecular weight is 574 g/mol. The van der Waals surface area contributed by atoms with Gasteiger partial charge >= 0.3 is 11.9 Å². The minimum Gasteiger partial charge on any atom is -0.481 e. The first-order chi connectivity index (χ1) is 18.6. The summed E-state index contributed by atoms with van der Waals surface area (Å²) >= 11 is 0. The van der Waals surface area contributed by atoms with Crippen molar-refractivity contribution in [2.24, 2.45) is 44.4 Å². The lowest BCUT2D eigenvalue weighted by Crippen LogP contribution is -2.57. The Bertz CT molecular complexity index is 964.